The molecule has 1 amide bonds. The Morgan fingerprint density at radius 2 is 1.81 bits per heavy atom. The van der Waals surface area contributed by atoms with Crippen LogP contribution in [0.4, 0.5) is 5.69 Å². The number of carbonyl (C=O) groups is 2. The number of anilines is 1. The summed E-state index contributed by atoms with van der Waals surface area (Å²) in [5.74, 6) is 0.139. The molecule has 1 aromatic carbocycles. The number of fused-ring (bicyclic) bond motifs is 1. The molecule has 0 aliphatic heterocycles. The van der Waals surface area contributed by atoms with E-state index in [9.17, 15) is 9.59 Å². The van der Waals surface area contributed by atoms with E-state index in [-0.39, 0.29) is 18.7 Å². The zero-order valence-corrected chi connectivity index (χ0v) is 15.5. The maximum atomic E-state index is 12.0. The van der Waals surface area contributed by atoms with Crippen molar-refractivity contribution in [3.05, 3.63) is 48.3 Å². The Kier molecular flexibility index (Phi) is 5.40. The minimum Gasteiger partial charge on any atom is -0.497 e. The Bertz CT molecular complexity index is 977. The number of nitrogens with zero attached hydrogens (tertiary/aromatic N) is 2. The second-order valence-electron chi connectivity index (χ2n) is 6.04. The average Bonchev–Trinajstić information content (AvgIpc) is 3.02. The number of esters is 1. The standard InChI is InChI=1S/C20H21N3O4/c1-13-20(14-4-7-16(26-2)8-5-14)22-17-9-6-15(12-23(13)17)21-18(24)10-11-19(25)27-3/h4-9,12H,10-11H2,1-3H3,(H,21,24). The summed E-state index contributed by atoms with van der Waals surface area (Å²) >= 11 is 0. The fourth-order valence-electron chi connectivity index (χ4n) is 2.80. The summed E-state index contributed by atoms with van der Waals surface area (Å²) in [6.07, 6.45) is 1.95. The molecule has 3 rings (SSSR count). The second kappa shape index (κ2) is 7.90. The summed E-state index contributed by atoms with van der Waals surface area (Å²) < 4.78 is 11.7. The van der Waals surface area contributed by atoms with Gasteiger partial charge in [-0.25, -0.2) is 4.98 Å². The van der Waals surface area contributed by atoms with Gasteiger partial charge in [-0.2, -0.15) is 0 Å². The van der Waals surface area contributed by atoms with Crippen LogP contribution in [0.25, 0.3) is 16.9 Å². The minimum absolute atomic E-state index is 0.0519. The molecule has 0 unspecified atom stereocenters. The molecule has 0 bridgehead atoms. The third kappa shape index (κ3) is 4.08. The van der Waals surface area contributed by atoms with Crippen molar-refractivity contribution in [2.75, 3.05) is 19.5 Å². The normalized spacial score (nSPS) is 10.6. The zero-order valence-electron chi connectivity index (χ0n) is 15.5. The van der Waals surface area contributed by atoms with Crippen LogP contribution in [-0.4, -0.2) is 35.5 Å². The highest BCUT2D eigenvalue weighted by molar-refractivity contribution is 5.92. The molecule has 0 atom stereocenters. The molecule has 2 heterocycles. The van der Waals surface area contributed by atoms with E-state index in [0.29, 0.717) is 5.69 Å². The number of benzene rings is 1. The van der Waals surface area contributed by atoms with E-state index in [1.54, 1.807) is 13.2 Å². The lowest BCUT2D eigenvalue weighted by atomic mass is 10.1. The van der Waals surface area contributed by atoms with Crippen LogP contribution < -0.4 is 10.1 Å². The van der Waals surface area contributed by atoms with Gasteiger partial charge in [-0.05, 0) is 43.3 Å². The Balaban J connectivity index is 1.82. The fraction of sp³-hybridized carbons (Fsp3) is 0.250. The molecule has 2 aromatic heterocycles. The number of aryl methyl sites for hydroxylation is 1. The summed E-state index contributed by atoms with van der Waals surface area (Å²) in [4.78, 5) is 27.8. The number of aromatic nitrogens is 2. The maximum Gasteiger partial charge on any atom is 0.306 e. The van der Waals surface area contributed by atoms with Crippen molar-refractivity contribution in [3.8, 4) is 17.0 Å². The molecule has 1 N–H and O–H groups in total. The van der Waals surface area contributed by atoms with Crippen LogP contribution in [0.5, 0.6) is 5.75 Å². The molecule has 7 heteroatoms. The number of pyridine rings is 1. The van der Waals surface area contributed by atoms with E-state index in [0.717, 1.165) is 28.3 Å². The van der Waals surface area contributed by atoms with Crippen LogP contribution in [-0.2, 0) is 14.3 Å². The van der Waals surface area contributed by atoms with Crippen molar-refractivity contribution in [2.24, 2.45) is 0 Å². The number of hydrogen-bond donors (Lipinski definition) is 1. The van der Waals surface area contributed by atoms with Crippen LogP contribution >= 0.6 is 0 Å². The molecule has 27 heavy (non-hydrogen) atoms. The molecule has 0 fully saturated rings. The molecule has 0 radical (unpaired) electrons. The van der Waals surface area contributed by atoms with Crippen molar-refractivity contribution in [2.45, 2.75) is 19.8 Å². The molecule has 140 valence electrons. The molecular formula is C20H21N3O4. The lowest BCUT2D eigenvalue weighted by Gasteiger charge is -2.06. The molecule has 0 saturated heterocycles. The Hall–Kier alpha value is -3.35. The first-order valence-electron chi connectivity index (χ1n) is 8.51. The summed E-state index contributed by atoms with van der Waals surface area (Å²) in [6.45, 7) is 1.97. The first-order valence-corrected chi connectivity index (χ1v) is 8.51. The lowest BCUT2D eigenvalue weighted by Crippen LogP contribution is -2.14. The van der Waals surface area contributed by atoms with Gasteiger partial charge in [-0.3, -0.25) is 9.59 Å². The van der Waals surface area contributed by atoms with Crippen molar-refractivity contribution in [3.63, 3.8) is 0 Å². The maximum absolute atomic E-state index is 12.0. The fourth-order valence-corrected chi connectivity index (χ4v) is 2.80. The average molecular weight is 367 g/mol. The number of rotatable bonds is 6. The van der Waals surface area contributed by atoms with Gasteiger partial charge in [-0.1, -0.05) is 0 Å². The zero-order chi connectivity index (χ0) is 19.4. The van der Waals surface area contributed by atoms with E-state index in [4.69, 9.17) is 4.74 Å². The van der Waals surface area contributed by atoms with E-state index >= 15 is 0 Å². The summed E-state index contributed by atoms with van der Waals surface area (Å²) in [7, 11) is 2.93. The lowest BCUT2D eigenvalue weighted by molar-refractivity contribution is -0.141. The second-order valence-corrected chi connectivity index (χ2v) is 6.04. The number of imidazole rings is 1. The van der Waals surface area contributed by atoms with Crippen molar-refractivity contribution >= 4 is 23.2 Å². The van der Waals surface area contributed by atoms with Gasteiger partial charge < -0.3 is 19.2 Å². The van der Waals surface area contributed by atoms with E-state index in [1.807, 2.05) is 47.9 Å². The SMILES string of the molecule is COC(=O)CCC(=O)Nc1ccc2nc(-c3ccc(OC)cc3)c(C)n2c1. The smallest absolute Gasteiger partial charge is 0.306 e. The highest BCUT2D eigenvalue weighted by Gasteiger charge is 2.12. The van der Waals surface area contributed by atoms with Crippen molar-refractivity contribution in [1.82, 2.24) is 9.38 Å². The van der Waals surface area contributed by atoms with Crippen LogP contribution in [0.2, 0.25) is 0 Å². The van der Waals surface area contributed by atoms with E-state index in [1.165, 1.54) is 7.11 Å². The number of methoxy groups -OCH3 is 2. The van der Waals surface area contributed by atoms with Gasteiger partial charge in [0.25, 0.3) is 0 Å². The summed E-state index contributed by atoms with van der Waals surface area (Å²) in [5.41, 5.74) is 4.23. The van der Waals surface area contributed by atoms with Crippen LogP contribution in [0, 0.1) is 6.92 Å². The van der Waals surface area contributed by atoms with Gasteiger partial charge >= 0.3 is 5.97 Å². The van der Waals surface area contributed by atoms with Crippen LogP contribution in [0.15, 0.2) is 42.6 Å². The highest BCUT2D eigenvalue weighted by Crippen LogP contribution is 2.26. The molecule has 0 aliphatic rings. The predicted octanol–water partition coefficient (Wildman–Crippen LogP) is 3.21. The number of nitrogens with one attached hydrogen (secondary N) is 1. The third-order valence-corrected chi connectivity index (χ3v) is 4.29. The van der Waals surface area contributed by atoms with Gasteiger partial charge in [0.1, 0.15) is 11.4 Å². The molecular weight excluding hydrogens is 346 g/mol. The van der Waals surface area contributed by atoms with Crippen molar-refractivity contribution in [1.29, 1.82) is 0 Å². The Morgan fingerprint density at radius 3 is 2.48 bits per heavy atom. The van der Waals surface area contributed by atoms with Crippen LogP contribution in [0.1, 0.15) is 18.5 Å². The van der Waals surface area contributed by atoms with Gasteiger partial charge in [0.15, 0.2) is 0 Å². The first-order chi connectivity index (χ1) is 13.0. The summed E-state index contributed by atoms with van der Waals surface area (Å²) in [6, 6.07) is 11.3. The first kappa shape index (κ1) is 18.4. The third-order valence-electron chi connectivity index (χ3n) is 4.29. The molecule has 0 saturated carbocycles. The monoisotopic (exact) mass is 367 g/mol. The van der Waals surface area contributed by atoms with Gasteiger partial charge in [0.05, 0.1) is 32.0 Å². The Morgan fingerprint density at radius 1 is 1.07 bits per heavy atom. The van der Waals surface area contributed by atoms with Gasteiger partial charge in [-0.15, -0.1) is 0 Å². The van der Waals surface area contributed by atoms with E-state index < -0.39 is 5.97 Å². The molecule has 7 nitrogen and oxygen atoms in total. The van der Waals surface area contributed by atoms with Crippen molar-refractivity contribution < 1.29 is 19.1 Å². The largest absolute Gasteiger partial charge is 0.497 e. The minimum atomic E-state index is -0.407. The van der Waals surface area contributed by atoms with E-state index in [2.05, 4.69) is 15.0 Å². The highest BCUT2D eigenvalue weighted by atomic mass is 16.5. The number of amides is 1. The number of hydrogen-bond acceptors (Lipinski definition) is 5. The topological polar surface area (TPSA) is 81.9 Å². The van der Waals surface area contributed by atoms with Gasteiger partial charge in [0, 0.05) is 23.9 Å². The van der Waals surface area contributed by atoms with Gasteiger partial charge in [0.2, 0.25) is 5.91 Å². The molecule has 3 aromatic rings. The summed E-state index contributed by atoms with van der Waals surface area (Å²) in [5, 5.41) is 2.79. The number of carbonyl (C=O) groups excluding carboxylic acids is 2. The number of ether oxygens (including phenoxy) is 2. The Labute approximate surface area is 156 Å². The predicted molar refractivity (Wildman–Crippen MR) is 102 cm³/mol. The quantitative estimate of drug-likeness (QED) is 0.677. The molecule has 0 aliphatic carbocycles. The van der Waals surface area contributed by atoms with Crippen LogP contribution in [0.3, 0.4) is 0 Å². The molecule has 0 spiro atoms.